The Hall–Kier alpha value is 0.01000. The van der Waals surface area contributed by atoms with Gasteiger partial charge in [-0.25, -0.2) is 0 Å². The molecule has 1 heterocycles. The van der Waals surface area contributed by atoms with Gasteiger partial charge < -0.3 is 5.32 Å². The van der Waals surface area contributed by atoms with Crippen LogP contribution in [0.15, 0.2) is 21.7 Å². The molecule has 1 atom stereocenters. The lowest BCUT2D eigenvalue weighted by molar-refractivity contribution is 0.503. The van der Waals surface area contributed by atoms with Gasteiger partial charge in [0, 0.05) is 11.8 Å². The van der Waals surface area contributed by atoms with E-state index in [1.54, 1.807) is 0 Å². The average molecular weight is 241 g/mol. The predicted molar refractivity (Wildman–Crippen MR) is 69.8 cm³/mol. The lowest BCUT2D eigenvalue weighted by Crippen LogP contribution is -2.33. The summed E-state index contributed by atoms with van der Waals surface area (Å²) in [6.07, 6.45) is 4.12. The molecule has 1 aromatic rings. The Morgan fingerprint density at radius 1 is 1.60 bits per heavy atom. The Morgan fingerprint density at radius 3 is 3.07 bits per heavy atom. The zero-order valence-corrected chi connectivity index (χ0v) is 10.9. The molecule has 1 N–H and O–H groups in total. The Labute approximate surface area is 101 Å². The van der Waals surface area contributed by atoms with E-state index in [-0.39, 0.29) is 0 Å². The predicted octanol–water partition coefficient (Wildman–Crippen LogP) is 3.62. The van der Waals surface area contributed by atoms with Gasteiger partial charge in [-0.15, -0.1) is 23.1 Å². The van der Waals surface area contributed by atoms with E-state index in [1.807, 2.05) is 23.1 Å². The summed E-state index contributed by atoms with van der Waals surface area (Å²) in [5.74, 6) is 2.20. The quantitative estimate of drug-likeness (QED) is 0.732. The molecule has 0 amide bonds. The zero-order valence-electron chi connectivity index (χ0n) is 9.24. The normalized spacial score (nSPS) is 17.9. The molecule has 0 aromatic carbocycles. The molecule has 1 unspecified atom stereocenters. The number of rotatable bonds is 7. The van der Waals surface area contributed by atoms with Crippen LogP contribution in [0, 0.1) is 5.92 Å². The number of thioether (sulfide) groups is 1. The van der Waals surface area contributed by atoms with E-state index in [2.05, 4.69) is 29.8 Å². The topological polar surface area (TPSA) is 12.0 Å². The summed E-state index contributed by atoms with van der Waals surface area (Å²) in [4.78, 5) is 0. The van der Waals surface area contributed by atoms with Crippen LogP contribution in [0.5, 0.6) is 0 Å². The number of thiophene rings is 1. The van der Waals surface area contributed by atoms with E-state index in [4.69, 9.17) is 0 Å². The largest absolute Gasteiger partial charge is 0.313 e. The fourth-order valence-corrected chi connectivity index (χ4v) is 3.71. The second-order valence-corrected chi connectivity index (χ2v) is 6.41. The minimum Gasteiger partial charge on any atom is -0.313 e. The van der Waals surface area contributed by atoms with Gasteiger partial charge in [-0.1, -0.05) is 13.0 Å². The van der Waals surface area contributed by atoms with Crippen LogP contribution in [0.1, 0.15) is 26.2 Å². The van der Waals surface area contributed by atoms with Crippen molar-refractivity contribution in [2.75, 3.05) is 12.3 Å². The van der Waals surface area contributed by atoms with Gasteiger partial charge in [0.25, 0.3) is 0 Å². The first-order chi connectivity index (χ1) is 7.40. The molecule has 0 radical (unpaired) electrons. The molecule has 1 aromatic heterocycles. The summed E-state index contributed by atoms with van der Waals surface area (Å²) >= 11 is 3.87. The van der Waals surface area contributed by atoms with Gasteiger partial charge in [-0.05, 0) is 43.2 Å². The number of nitrogens with one attached hydrogen (secondary N) is 1. The molecule has 0 bridgehead atoms. The smallest absolute Gasteiger partial charge is 0.0599 e. The van der Waals surface area contributed by atoms with Gasteiger partial charge in [0.2, 0.25) is 0 Å². The van der Waals surface area contributed by atoms with Gasteiger partial charge in [0.15, 0.2) is 0 Å². The first-order valence-corrected chi connectivity index (χ1v) is 7.66. The summed E-state index contributed by atoms with van der Waals surface area (Å²) in [5, 5.41) is 5.84. The van der Waals surface area contributed by atoms with Crippen molar-refractivity contribution >= 4 is 23.1 Å². The minimum absolute atomic E-state index is 0.747. The summed E-state index contributed by atoms with van der Waals surface area (Å²) in [5.41, 5.74) is 0. The van der Waals surface area contributed by atoms with E-state index in [1.165, 1.54) is 35.8 Å². The van der Waals surface area contributed by atoms with Gasteiger partial charge in [0.1, 0.15) is 0 Å². The second kappa shape index (κ2) is 5.92. The molecule has 84 valence electrons. The van der Waals surface area contributed by atoms with Crippen molar-refractivity contribution in [1.29, 1.82) is 0 Å². The van der Waals surface area contributed by atoms with Crippen molar-refractivity contribution in [3.05, 3.63) is 17.5 Å². The molecule has 1 nitrogen and oxygen atoms in total. The Morgan fingerprint density at radius 2 is 2.47 bits per heavy atom. The van der Waals surface area contributed by atoms with Crippen LogP contribution in [0.3, 0.4) is 0 Å². The van der Waals surface area contributed by atoms with Crippen LogP contribution in [-0.4, -0.2) is 18.3 Å². The molecule has 0 spiro atoms. The van der Waals surface area contributed by atoms with Crippen LogP contribution in [0.25, 0.3) is 0 Å². The van der Waals surface area contributed by atoms with Crippen molar-refractivity contribution in [3.63, 3.8) is 0 Å². The highest BCUT2D eigenvalue weighted by Crippen LogP contribution is 2.35. The van der Waals surface area contributed by atoms with Gasteiger partial charge >= 0.3 is 0 Å². The van der Waals surface area contributed by atoms with Gasteiger partial charge in [-0.3, -0.25) is 0 Å². The van der Waals surface area contributed by atoms with Crippen molar-refractivity contribution < 1.29 is 0 Å². The lowest BCUT2D eigenvalue weighted by atomic mass is 10.2. The highest BCUT2D eigenvalue weighted by atomic mass is 32.2. The van der Waals surface area contributed by atoms with E-state index < -0.39 is 0 Å². The first kappa shape index (κ1) is 11.5. The highest BCUT2D eigenvalue weighted by molar-refractivity contribution is 8.01. The molecule has 2 rings (SSSR count). The molecule has 1 fully saturated rings. The van der Waals surface area contributed by atoms with Gasteiger partial charge in [-0.2, -0.15) is 0 Å². The monoisotopic (exact) mass is 241 g/mol. The van der Waals surface area contributed by atoms with Crippen LogP contribution >= 0.6 is 23.1 Å². The molecule has 3 heteroatoms. The standard InChI is InChI=1S/C12H19NS2/c1-2-7-13-11(10-5-6-10)9-15-12-4-3-8-14-12/h3-4,8,10-11,13H,2,5-7,9H2,1H3. The molecule has 1 saturated carbocycles. The SMILES string of the molecule is CCCNC(CSc1cccs1)C1CC1. The minimum atomic E-state index is 0.747. The van der Waals surface area contributed by atoms with E-state index in [9.17, 15) is 0 Å². The molecule has 0 saturated heterocycles. The fourth-order valence-electron chi connectivity index (χ4n) is 1.71. The van der Waals surface area contributed by atoms with Crippen LogP contribution in [0.4, 0.5) is 0 Å². The molecule has 1 aliphatic rings. The van der Waals surface area contributed by atoms with Crippen molar-refractivity contribution in [2.24, 2.45) is 5.92 Å². The third-order valence-electron chi connectivity index (χ3n) is 2.75. The molecule has 0 aliphatic heterocycles. The summed E-state index contributed by atoms with van der Waals surface area (Å²) in [6, 6.07) is 5.11. The molecular formula is C12H19NS2. The second-order valence-electron chi connectivity index (χ2n) is 4.14. The van der Waals surface area contributed by atoms with Crippen molar-refractivity contribution in [1.82, 2.24) is 5.32 Å². The maximum atomic E-state index is 3.68. The Bertz CT molecular complexity index is 267. The van der Waals surface area contributed by atoms with Crippen LogP contribution < -0.4 is 5.32 Å². The lowest BCUT2D eigenvalue weighted by Gasteiger charge is -2.16. The molecule has 1 aliphatic carbocycles. The third kappa shape index (κ3) is 3.82. The van der Waals surface area contributed by atoms with Gasteiger partial charge in [0.05, 0.1) is 4.21 Å². The van der Waals surface area contributed by atoms with E-state index in [0.29, 0.717) is 0 Å². The molecule has 15 heavy (non-hydrogen) atoms. The van der Waals surface area contributed by atoms with Crippen molar-refractivity contribution in [3.8, 4) is 0 Å². The Balaban J connectivity index is 1.74. The van der Waals surface area contributed by atoms with E-state index in [0.717, 1.165) is 12.0 Å². The summed E-state index contributed by atoms with van der Waals surface area (Å²) < 4.78 is 1.46. The fraction of sp³-hybridized carbons (Fsp3) is 0.667. The maximum Gasteiger partial charge on any atom is 0.0599 e. The summed E-state index contributed by atoms with van der Waals surface area (Å²) in [7, 11) is 0. The highest BCUT2D eigenvalue weighted by Gasteiger charge is 2.30. The molecular weight excluding hydrogens is 222 g/mol. The first-order valence-electron chi connectivity index (χ1n) is 5.80. The number of hydrogen-bond donors (Lipinski definition) is 1. The van der Waals surface area contributed by atoms with Crippen molar-refractivity contribution in [2.45, 2.75) is 36.4 Å². The average Bonchev–Trinajstić information content (AvgIpc) is 2.95. The van der Waals surface area contributed by atoms with E-state index >= 15 is 0 Å². The number of hydrogen-bond acceptors (Lipinski definition) is 3. The van der Waals surface area contributed by atoms with Crippen LogP contribution in [0.2, 0.25) is 0 Å². The Kier molecular flexibility index (Phi) is 4.54. The van der Waals surface area contributed by atoms with Crippen LogP contribution in [-0.2, 0) is 0 Å². The maximum absolute atomic E-state index is 3.68. The summed E-state index contributed by atoms with van der Waals surface area (Å²) in [6.45, 7) is 3.41. The zero-order chi connectivity index (χ0) is 10.5. The third-order valence-corrected chi connectivity index (χ3v) is 5.00.